The summed E-state index contributed by atoms with van der Waals surface area (Å²) in [6.45, 7) is 0.796. The molecule has 0 spiro atoms. The van der Waals surface area contributed by atoms with Gasteiger partial charge in [-0.1, -0.05) is 30.3 Å². The first-order valence-electron chi connectivity index (χ1n) is 7.91. The molecule has 7 heteroatoms. The van der Waals surface area contributed by atoms with Gasteiger partial charge in [0.25, 0.3) is 0 Å². The third kappa shape index (κ3) is 4.88. The van der Waals surface area contributed by atoms with Crippen molar-refractivity contribution in [3.8, 4) is 0 Å². The minimum atomic E-state index is -3.68. The van der Waals surface area contributed by atoms with Crippen molar-refractivity contribution in [2.24, 2.45) is 5.73 Å². The molecule has 0 saturated heterocycles. The average molecular weight is 362 g/mol. The number of carbonyl (C=O) groups excluding carboxylic acids is 1. The van der Waals surface area contributed by atoms with E-state index < -0.39 is 16.0 Å². The summed E-state index contributed by atoms with van der Waals surface area (Å²) in [5, 5.41) is 0. The molecule has 2 aromatic rings. The number of nitrogens with zero attached hydrogens (tertiary/aromatic N) is 1. The lowest BCUT2D eigenvalue weighted by atomic mass is 10.1. The van der Waals surface area contributed by atoms with E-state index in [1.807, 2.05) is 30.3 Å². The number of esters is 1. The van der Waals surface area contributed by atoms with Gasteiger partial charge in [-0.05, 0) is 36.2 Å². The molecule has 6 nitrogen and oxygen atoms in total. The lowest BCUT2D eigenvalue weighted by molar-refractivity contribution is 0.0600. The van der Waals surface area contributed by atoms with Gasteiger partial charge < -0.3 is 10.5 Å². The van der Waals surface area contributed by atoms with E-state index >= 15 is 0 Å². The molecule has 0 amide bonds. The molecule has 2 rings (SSSR count). The Morgan fingerprint density at radius 1 is 1.04 bits per heavy atom. The van der Waals surface area contributed by atoms with Crippen molar-refractivity contribution in [2.45, 2.75) is 11.3 Å². The molecule has 25 heavy (non-hydrogen) atoms. The number of rotatable bonds is 8. The molecule has 0 saturated carbocycles. The topological polar surface area (TPSA) is 89.7 Å². The predicted octanol–water partition coefficient (Wildman–Crippen LogP) is 1.67. The van der Waals surface area contributed by atoms with E-state index in [-0.39, 0.29) is 18.0 Å². The molecule has 0 heterocycles. The fourth-order valence-electron chi connectivity index (χ4n) is 2.42. The highest BCUT2D eigenvalue weighted by Gasteiger charge is 2.24. The van der Waals surface area contributed by atoms with Crippen LogP contribution in [0.4, 0.5) is 0 Å². The molecule has 0 aromatic heterocycles. The van der Waals surface area contributed by atoms with Gasteiger partial charge in [-0.3, -0.25) is 0 Å². The summed E-state index contributed by atoms with van der Waals surface area (Å²) in [7, 11) is -2.40. The zero-order chi connectivity index (χ0) is 18.3. The fraction of sp³-hybridized carbons (Fsp3) is 0.278. The van der Waals surface area contributed by atoms with Gasteiger partial charge in [0.1, 0.15) is 0 Å². The molecular weight excluding hydrogens is 340 g/mol. The van der Waals surface area contributed by atoms with Gasteiger partial charge in [0.2, 0.25) is 10.0 Å². The van der Waals surface area contributed by atoms with Crippen molar-refractivity contribution in [1.29, 1.82) is 0 Å². The maximum absolute atomic E-state index is 12.8. The molecule has 0 unspecified atom stereocenters. The van der Waals surface area contributed by atoms with Crippen LogP contribution in [0.3, 0.4) is 0 Å². The van der Waals surface area contributed by atoms with Crippen LogP contribution in [0.15, 0.2) is 59.5 Å². The second-order valence-corrected chi connectivity index (χ2v) is 7.38. The average Bonchev–Trinajstić information content (AvgIpc) is 2.65. The van der Waals surface area contributed by atoms with Gasteiger partial charge >= 0.3 is 5.97 Å². The van der Waals surface area contributed by atoms with E-state index in [1.165, 1.54) is 35.7 Å². The Kier molecular flexibility index (Phi) is 6.69. The summed E-state index contributed by atoms with van der Waals surface area (Å²) in [4.78, 5) is 11.6. The van der Waals surface area contributed by atoms with Crippen LogP contribution in [0.2, 0.25) is 0 Å². The van der Waals surface area contributed by atoms with E-state index in [1.54, 1.807) is 0 Å². The first-order valence-corrected chi connectivity index (χ1v) is 9.35. The number of carbonyl (C=O) groups is 1. The highest BCUT2D eigenvalue weighted by atomic mass is 32.2. The Labute approximate surface area is 148 Å². The van der Waals surface area contributed by atoms with Crippen LogP contribution in [-0.2, 0) is 21.2 Å². The van der Waals surface area contributed by atoms with Gasteiger partial charge in [-0.25, -0.2) is 13.2 Å². The Hall–Kier alpha value is -2.22. The Bertz CT molecular complexity index is 790. The SMILES string of the molecule is COC(=O)c1ccc(S(=O)(=O)N(CCN)CCc2ccccc2)cc1. The maximum atomic E-state index is 12.8. The second kappa shape index (κ2) is 8.75. The van der Waals surface area contributed by atoms with Crippen molar-refractivity contribution < 1.29 is 17.9 Å². The minimum Gasteiger partial charge on any atom is -0.465 e. The zero-order valence-electron chi connectivity index (χ0n) is 14.1. The van der Waals surface area contributed by atoms with Gasteiger partial charge in [0.05, 0.1) is 17.6 Å². The summed E-state index contributed by atoms with van der Waals surface area (Å²) in [6.07, 6.45) is 0.598. The first-order chi connectivity index (χ1) is 12.0. The highest BCUT2D eigenvalue weighted by molar-refractivity contribution is 7.89. The van der Waals surface area contributed by atoms with E-state index in [9.17, 15) is 13.2 Å². The number of methoxy groups -OCH3 is 1. The van der Waals surface area contributed by atoms with Crippen LogP contribution in [0.25, 0.3) is 0 Å². The summed E-state index contributed by atoms with van der Waals surface area (Å²) < 4.78 is 31.7. The number of benzene rings is 2. The lowest BCUT2D eigenvalue weighted by Gasteiger charge is -2.21. The third-order valence-corrected chi connectivity index (χ3v) is 5.70. The van der Waals surface area contributed by atoms with Gasteiger partial charge in [-0.2, -0.15) is 4.31 Å². The maximum Gasteiger partial charge on any atom is 0.337 e. The van der Waals surface area contributed by atoms with Crippen molar-refractivity contribution >= 4 is 16.0 Å². The van der Waals surface area contributed by atoms with Crippen molar-refractivity contribution in [3.05, 3.63) is 65.7 Å². The van der Waals surface area contributed by atoms with Crippen LogP contribution in [0.5, 0.6) is 0 Å². The number of hydrogen-bond donors (Lipinski definition) is 1. The normalized spacial score (nSPS) is 11.5. The minimum absolute atomic E-state index is 0.127. The van der Waals surface area contributed by atoms with Gasteiger partial charge in [0.15, 0.2) is 0 Å². The summed E-state index contributed by atoms with van der Waals surface area (Å²) >= 11 is 0. The second-order valence-electron chi connectivity index (χ2n) is 5.44. The molecule has 0 fully saturated rings. The molecule has 0 bridgehead atoms. The standard InChI is InChI=1S/C18H22N2O4S/c1-24-18(21)16-7-9-17(10-8-16)25(22,23)20(14-12-19)13-11-15-5-3-2-4-6-15/h2-10H,11-14,19H2,1H3. The number of sulfonamides is 1. The van der Waals surface area contributed by atoms with Gasteiger partial charge in [-0.15, -0.1) is 0 Å². The Morgan fingerprint density at radius 2 is 1.68 bits per heavy atom. The smallest absolute Gasteiger partial charge is 0.337 e. The fourth-order valence-corrected chi connectivity index (χ4v) is 3.88. The van der Waals surface area contributed by atoms with Crippen LogP contribution >= 0.6 is 0 Å². The van der Waals surface area contributed by atoms with E-state index in [4.69, 9.17) is 5.73 Å². The zero-order valence-corrected chi connectivity index (χ0v) is 14.9. The predicted molar refractivity (Wildman–Crippen MR) is 95.7 cm³/mol. The monoisotopic (exact) mass is 362 g/mol. The largest absolute Gasteiger partial charge is 0.465 e. The van der Waals surface area contributed by atoms with Crippen molar-refractivity contribution in [1.82, 2.24) is 4.31 Å². The third-order valence-electron chi connectivity index (χ3n) is 3.78. The number of nitrogens with two attached hydrogens (primary N) is 1. The van der Waals surface area contributed by atoms with Crippen LogP contribution in [-0.4, -0.2) is 45.4 Å². The molecular formula is C18H22N2O4S. The molecule has 2 aromatic carbocycles. The molecule has 0 aliphatic heterocycles. The van der Waals surface area contributed by atoms with E-state index in [0.29, 0.717) is 18.5 Å². The first kappa shape index (κ1) is 19.1. The molecule has 0 aliphatic rings. The van der Waals surface area contributed by atoms with E-state index in [2.05, 4.69) is 4.74 Å². The highest BCUT2D eigenvalue weighted by Crippen LogP contribution is 2.17. The number of ether oxygens (including phenoxy) is 1. The van der Waals surface area contributed by atoms with Gasteiger partial charge in [0, 0.05) is 19.6 Å². The van der Waals surface area contributed by atoms with Crippen LogP contribution < -0.4 is 5.73 Å². The summed E-state index contributed by atoms with van der Waals surface area (Å²) in [5.41, 5.74) is 6.95. The molecule has 0 radical (unpaired) electrons. The Morgan fingerprint density at radius 3 is 2.24 bits per heavy atom. The molecule has 0 atom stereocenters. The Balaban J connectivity index is 2.18. The van der Waals surface area contributed by atoms with E-state index in [0.717, 1.165) is 5.56 Å². The molecule has 0 aliphatic carbocycles. The van der Waals surface area contributed by atoms with Crippen LogP contribution in [0.1, 0.15) is 15.9 Å². The summed E-state index contributed by atoms with van der Waals surface area (Å²) in [5.74, 6) is -0.508. The van der Waals surface area contributed by atoms with Crippen molar-refractivity contribution in [2.75, 3.05) is 26.7 Å². The molecule has 134 valence electrons. The summed E-state index contributed by atoms with van der Waals surface area (Å²) in [6, 6.07) is 15.4. The van der Waals surface area contributed by atoms with Crippen molar-refractivity contribution in [3.63, 3.8) is 0 Å². The number of hydrogen-bond acceptors (Lipinski definition) is 5. The van der Waals surface area contributed by atoms with Crippen LogP contribution in [0, 0.1) is 0 Å². The molecule has 2 N–H and O–H groups in total. The lowest BCUT2D eigenvalue weighted by Crippen LogP contribution is -2.36. The quantitative estimate of drug-likeness (QED) is 0.722.